The Hall–Kier alpha value is -1.85. The summed E-state index contributed by atoms with van der Waals surface area (Å²) in [5, 5.41) is 20.4. The lowest BCUT2D eigenvalue weighted by Gasteiger charge is -2.21. The SMILES string of the molecule is CC1CCCc2c1[nH]c(=O)c([N+](=O)[O-])c2O. The van der Waals surface area contributed by atoms with E-state index in [4.69, 9.17) is 0 Å². The van der Waals surface area contributed by atoms with Crippen LogP contribution in [-0.2, 0) is 6.42 Å². The molecule has 0 fully saturated rings. The smallest absolute Gasteiger partial charge is 0.375 e. The third-order valence-corrected chi connectivity index (χ3v) is 3.04. The van der Waals surface area contributed by atoms with Crippen molar-refractivity contribution in [1.29, 1.82) is 0 Å². The van der Waals surface area contributed by atoms with Crippen LogP contribution >= 0.6 is 0 Å². The Morgan fingerprint density at radius 2 is 2.25 bits per heavy atom. The standard InChI is InChI=1S/C10H12N2O4/c1-5-3-2-4-6-7(5)11-10(14)8(9(6)13)12(15)16/h5H,2-4H2,1H3,(H2,11,13,14). The first-order valence-corrected chi connectivity index (χ1v) is 5.14. The van der Waals surface area contributed by atoms with Gasteiger partial charge < -0.3 is 10.1 Å². The van der Waals surface area contributed by atoms with Crippen molar-refractivity contribution in [2.45, 2.75) is 32.1 Å². The fraction of sp³-hybridized carbons (Fsp3) is 0.500. The number of fused-ring (bicyclic) bond motifs is 1. The van der Waals surface area contributed by atoms with E-state index in [1.807, 2.05) is 6.92 Å². The highest BCUT2D eigenvalue weighted by Gasteiger charge is 2.29. The summed E-state index contributed by atoms with van der Waals surface area (Å²) >= 11 is 0. The molecule has 1 atom stereocenters. The monoisotopic (exact) mass is 224 g/mol. The molecule has 6 heteroatoms. The van der Waals surface area contributed by atoms with Gasteiger partial charge in [0.15, 0.2) is 0 Å². The lowest BCUT2D eigenvalue weighted by molar-refractivity contribution is -0.387. The summed E-state index contributed by atoms with van der Waals surface area (Å²) in [5.41, 5.74) is -0.410. The van der Waals surface area contributed by atoms with Crippen molar-refractivity contribution in [1.82, 2.24) is 4.98 Å². The molecule has 0 saturated carbocycles. The summed E-state index contributed by atoms with van der Waals surface area (Å²) in [6.07, 6.45) is 2.36. The number of nitrogens with zero attached hydrogens (tertiary/aromatic N) is 1. The van der Waals surface area contributed by atoms with Gasteiger partial charge in [0.2, 0.25) is 5.75 Å². The van der Waals surface area contributed by atoms with E-state index in [1.54, 1.807) is 0 Å². The van der Waals surface area contributed by atoms with Crippen LogP contribution in [0.3, 0.4) is 0 Å². The average Bonchev–Trinajstić information content (AvgIpc) is 2.19. The minimum Gasteiger partial charge on any atom is -0.502 e. The van der Waals surface area contributed by atoms with Crippen molar-refractivity contribution >= 4 is 5.69 Å². The molecule has 2 rings (SSSR count). The van der Waals surface area contributed by atoms with E-state index in [9.17, 15) is 20.0 Å². The molecule has 0 spiro atoms. The average molecular weight is 224 g/mol. The van der Waals surface area contributed by atoms with Crippen LogP contribution in [0.15, 0.2) is 4.79 Å². The van der Waals surface area contributed by atoms with Crippen LogP contribution < -0.4 is 5.56 Å². The molecular formula is C10H12N2O4. The molecule has 6 nitrogen and oxygen atoms in total. The van der Waals surface area contributed by atoms with E-state index in [1.165, 1.54) is 0 Å². The van der Waals surface area contributed by atoms with Crippen LogP contribution in [0, 0.1) is 10.1 Å². The van der Waals surface area contributed by atoms with Gasteiger partial charge in [0.05, 0.1) is 4.92 Å². The highest BCUT2D eigenvalue weighted by Crippen LogP contribution is 2.37. The summed E-state index contributed by atoms with van der Waals surface area (Å²) in [6.45, 7) is 1.93. The summed E-state index contributed by atoms with van der Waals surface area (Å²) < 4.78 is 0. The number of pyridine rings is 1. The number of rotatable bonds is 1. The fourth-order valence-corrected chi connectivity index (χ4v) is 2.21. The van der Waals surface area contributed by atoms with Crippen LogP contribution in [0.4, 0.5) is 5.69 Å². The molecule has 1 heterocycles. The fourth-order valence-electron chi connectivity index (χ4n) is 2.21. The molecule has 1 aromatic heterocycles. The van der Waals surface area contributed by atoms with E-state index in [-0.39, 0.29) is 5.92 Å². The Labute approximate surface area is 91.1 Å². The molecule has 1 aliphatic rings. The predicted molar refractivity (Wildman–Crippen MR) is 56.7 cm³/mol. The topological polar surface area (TPSA) is 96.2 Å². The molecule has 0 amide bonds. The zero-order valence-electron chi connectivity index (χ0n) is 8.82. The van der Waals surface area contributed by atoms with E-state index in [0.29, 0.717) is 17.7 Å². The number of nitrogens with one attached hydrogen (secondary N) is 1. The van der Waals surface area contributed by atoms with Gasteiger partial charge >= 0.3 is 11.2 Å². The minimum atomic E-state index is -0.840. The maximum Gasteiger partial charge on any atom is 0.375 e. The predicted octanol–water partition coefficient (Wildman–Crippen LogP) is 1.43. The number of hydrogen-bond acceptors (Lipinski definition) is 4. The third kappa shape index (κ3) is 1.46. The summed E-state index contributed by atoms with van der Waals surface area (Å²) in [7, 11) is 0. The zero-order valence-corrected chi connectivity index (χ0v) is 8.82. The Bertz CT molecular complexity index is 506. The minimum absolute atomic E-state index is 0.128. The van der Waals surface area contributed by atoms with Crippen molar-refractivity contribution in [3.63, 3.8) is 0 Å². The van der Waals surface area contributed by atoms with E-state index in [0.717, 1.165) is 12.8 Å². The number of H-pyrrole nitrogens is 1. The Kier molecular flexibility index (Phi) is 2.41. The Morgan fingerprint density at radius 3 is 2.88 bits per heavy atom. The lowest BCUT2D eigenvalue weighted by Crippen LogP contribution is -2.20. The first-order valence-electron chi connectivity index (χ1n) is 5.14. The summed E-state index contributed by atoms with van der Waals surface area (Å²) in [5.74, 6) is -0.335. The second kappa shape index (κ2) is 3.62. The highest BCUT2D eigenvalue weighted by molar-refractivity contribution is 5.52. The van der Waals surface area contributed by atoms with Gasteiger partial charge in [-0.25, -0.2) is 0 Å². The molecule has 0 radical (unpaired) electrons. The highest BCUT2D eigenvalue weighted by atomic mass is 16.6. The number of aromatic nitrogens is 1. The van der Waals surface area contributed by atoms with Crippen molar-refractivity contribution in [3.8, 4) is 5.75 Å². The van der Waals surface area contributed by atoms with Gasteiger partial charge in [0.25, 0.3) is 0 Å². The number of nitro groups is 1. The third-order valence-electron chi connectivity index (χ3n) is 3.04. The molecule has 86 valence electrons. The van der Waals surface area contributed by atoms with E-state index in [2.05, 4.69) is 4.98 Å². The van der Waals surface area contributed by atoms with Crippen molar-refractivity contribution in [2.24, 2.45) is 0 Å². The van der Waals surface area contributed by atoms with Gasteiger partial charge in [0, 0.05) is 11.3 Å². The van der Waals surface area contributed by atoms with Crippen LogP contribution in [0.25, 0.3) is 0 Å². The molecule has 0 aromatic carbocycles. The summed E-state index contributed by atoms with van der Waals surface area (Å²) in [4.78, 5) is 23.7. The van der Waals surface area contributed by atoms with Crippen LogP contribution in [0.1, 0.15) is 36.9 Å². The zero-order chi connectivity index (χ0) is 11.9. The molecule has 1 aromatic rings. The van der Waals surface area contributed by atoms with Crippen molar-refractivity contribution < 1.29 is 10.0 Å². The van der Waals surface area contributed by atoms with E-state index >= 15 is 0 Å². The molecule has 0 bridgehead atoms. The second-order valence-corrected chi connectivity index (χ2v) is 4.09. The number of aromatic amines is 1. The Morgan fingerprint density at radius 1 is 1.56 bits per heavy atom. The van der Waals surface area contributed by atoms with Gasteiger partial charge in [-0.15, -0.1) is 0 Å². The van der Waals surface area contributed by atoms with Gasteiger partial charge in [0.1, 0.15) is 0 Å². The van der Waals surface area contributed by atoms with E-state index < -0.39 is 21.9 Å². The molecule has 1 aliphatic carbocycles. The van der Waals surface area contributed by atoms with Crippen LogP contribution in [-0.4, -0.2) is 15.0 Å². The maximum atomic E-state index is 11.4. The first-order chi connectivity index (χ1) is 7.52. The molecule has 1 unspecified atom stereocenters. The largest absolute Gasteiger partial charge is 0.502 e. The van der Waals surface area contributed by atoms with Crippen LogP contribution in [0.2, 0.25) is 0 Å². The van der Waals surface area contributed by atoms with Gasteiger partial charge in [-0.2, -0.15) is 0 Å². The molecule has 0 saturated heterocycles. The molecule has 16 heavy (non-hydrogen) atoms. The molecule has 0 aliphatic heterocycles. The second-order valence-electron chi connectivity index (χ2n) is 4.09. The normalized spacial score (nSPS) is 19.2. The van der Waals surface area contributed by atoms with Crippen molar-refractivity contribution in [2.75, 3.05) is 0 Å². The van der Waals surface area contributed by atoms with Gasteiger partial charge in [-0.3, -0.25) is 14.9 Å². The Balaban J connectivity index is 2.72. The van der Waals surface area contributed by atoms with Gasteiger partial charge in [-0.05, 0) is 25.2 Å². The van der Waals surface area contributed by atoms with Crippen molar-refractivity contribution in [3.05, 3.63) is 31.7 Å². The quantitative estimate of drug-likeness (QED) is 0.557. The first kappa shape index (κ1) is 10.7. The lowest BCUT2D eigenvalue weighted by atomic mass is 9.87. The maximum absolute atomic E-state index is 11.4. The molecular weight excluding hydrogens is 212 g/mol. The molecule has 2 N–H and O–H groups in total. The number of hydrogen-bond donors (Lipinski definition) is 2. The van der Waals surface area contributed by atoms with Gasteiger partial charge in [-0.1, -0.05) is 6.92 Å². The number of aromatic hydroxyl groups is 1. The van der Waals surface area contributed by atoms with Crippen LogP contribution in [0.5, 0.6) is 5.75 Å². The summed E-state index contributed by atoms with van der Waals surface area (Å²) in [6, 6.07) is 0.